The van der Waals surface area contributed by atoms with Crippen molar-refractivity contribution in [3.05, 3.63) is 47.0 Å². The summed E-state index contributed by atoms with van der Waals surface area (Å²) >= 11 is 10.9. The molecule has 4 aromatic heterocycles. The maximum Gasteiger partial charge on any atom is 0.327 e. The first-order valence-electron chi connectivity index (χ1n) is 15.3. The molecule has 1 fully saturated rings. The first kappa shape index (κ1) is 37.3. The number of alkyl halides is 1. The Morgan fingerprint density at radius 2 is 2.06 bits per heavy atom. The van der Waals surface area contributed by atoms with Crippen LogP contribution in [0.25, 0.3) is 22.6 Å². The molecule has 2 aliphatic rings. The fraction of sp³-hybridized carbons (Fsp3) is 0.481. The SMILES string of the molecule is CC(C)C(=O)Nc1nc2c(ncn2[C@@H]2O[C@H]3COP(=S)(OCCC#N)OCCn4nc(-c5ccncc5)nc4COP(O)(=S)O[C@@H]2[C@@H]3F)c(=O)[nH]1. The highest BCUT2D eigenvalue weighted by Gasteiger charge is 2.50. The van der Waals surface area contributed by atoms with Crippen molar-refractivity contribution >= 4 is 60.1 Å². The van der Waals surface area contributed by atoms with E-state index in [4.69, 9.17) is 56.2 Å². The fourth-order valence-electron chi connectivity index (χ4n) is 4.92. The van der Waals surface area contributed by atoms with Crippen LogP contribution in [0.15, 0.2) is 35.6 Å². The van der Waals surface area contributed by atoms with Crippen molar-refractivity contribution in [2.45, 2.75) is 58.0 Å². The van der Waals surface area contributed by atoms with Gasteiger partial charge in [0.1, 0.15) is 18.8 Å². The number of aromatic amines is 1. The van der Waals surface area contributed by atoms with Crippen LogP contribution in [0, 0.1) is 17.2 Å². The topological polar surface area (TPSA) is 236 Å². The Hall–Kier alpha value is -3.45. The number of aromatic nitrogens is 8. The standard InChI is InChI=1S/C27H31FN10O9P2S2/c1-15(2)24(39)34-27-33-23-20(25(40)35-27)31-14-37(23)26-21-19(28)17(46-26)12-45-49(51,42-10-3-6-29)43-11-9-38-18(13-44-48(41,50)47-21)32-22(36-38)16-4-7-30-8-5-16/h4-5,7-8,14-15,17,19,21,26H,3,9-13H2,1-2H3,(H,41,50)(H2,33,34,35,39,40)/t17-,19+,21+,26+,48?,49?/m0/s1. The maximum absolute atomic E-state index is 16.4. The number of carbonyl (C=O) groups excluding carboxylic acids is 1. The first-order chi connectivity index (χ1) is 24.4. The van der Waals surface area contributed by atoms with E-state index in [9.17, 15) is 14.5 Å². The maximum atomic E-state index is 16.4. The van der Waals surface area contributed by atoms with Crippen LogP contribution in [0.1, 0.15) is 32.3 Å². The molecule has 4 aromatic rings. The number of amides is 1. The highest BCUT2D eigenvalue weighted by molar-refractivity contribution is 8.07. The molecular formula is C27H31FN10O9P2S2. The molecule has 0 spiro atoms. The second-order valence-electron chi connectivity index (χ2n) is 11.3. The molecule has 0 saturated carbocycles. The number of nitrogens with zero attached hydrogens (tertiary/aromatic N) is 8. The summed E-state index contributed by atoms with van der Waals surface area (Å²) in [5.41, 5.74) is -0.317. The van der Waals surface area contributed by atoms with Crippen molar-refractivity contribution in [2.24, 2.45) is 5.92 Å². The minimum atomic E-state index is -4.27. The average Bonchev–Trinajstić information content (AvgIpc) is 3.79. The van der Waals surface area contributed by atoms with Gasteiger partial charge in [-0.15, -0.1) is 0 Å². The molecule has 6 heterocycles. The molecule has 51 heavy (non-hydrogen) atoms. The van der Waals surface area contributed by atoms with Crippen LogP contribution in [0.4, 0.5) is 10.3 Å². The number of pyridine rings is 1. The number of anilines is 1. The zero-order valence-electron chi connectivity index (χ0n) is 26.9. The molecule has 3 N–H and O–H groups in total. The molecule has 2 unspecified atom stereocenters. The summed E-state index contributed by atoms with van der Waals surface area (Å²) in [6.45, 7) is -5.65. The zero-order chi connectivity index (χ0) is 36.3. The Morgan fingerprint density at radius 1 is 1.27 bits per heavy atom. The highest BCUT2D eigenvalue weighted by atomic mass is 32.5. The van der Waals surface area contributed by atoms with Crippen molar-refractivity contribution in [1.82, 2.24) is 39.3 Å². The fourth-order valence-corrected chi connectivity index (χ4v) is 8.05. The number of nitrogens with one attached hydrogen (secondary N) is 2. The summed E-state index contributed by atoms with van der Waals surface area (Å²) in [6, 6.07) is 5.35. The van der Waals surface area contributed by atoms with Gasteiger partial charge in [0, 0.05) is 23.9 Å². The van der Waals surface area contributed by atoms with Crippen molar-refractivity contribution in [3.8, 4) is 17.5 Å². The van der Waals surface area contributed by atoms with E-state index in [2.05, 4.69) is 35.3 Å². The molecule has 19 nitrogen and oxygen atoms in total. The lowest BCUT2D eigenvalue weighted by Gasteiger charge is -2.25. The van der Waals surface area contributed by atoms with E-state index in [-0.39, 0.29) is 49.1 Å². The van der Waals surface area contributed by atoms with E-state index < -0.39 is 68.6 Å². The Kier molecular flexibility index (Phi) is 11.5. The molecule has 1 amide bonds. The van der Waals surface area contributed by atoms with Gasteiger partial charge >= 0.3 is 13.4 Å². The Balaban J connectivity index is 1.36. The summed E-state index contributed by atoms with van der Waals surface area (Å²) in [6.07, 6.45) is -2.29. The summed E-state index contributed by atoms with van der Waals surface area (Å²) in [5.74, 6) is -0.530. The minimum Gasteiger partial charge on any atom is -0.346 e. The van der Waals surface area contributed by atoms with Crippen molar-refractivity contribution in [1.29, 1.82) is 5.26 Å². The average molecular weight is 785 g/mol. The monoisotopic (exact) mass is 784 g/mol. The lowest BCUT2D eigenvalue weighted by atomic mass is 10.1. The lowest BCUT2D eigenvalue weighted by molar-refractivity contribution is -0.118. The van der Waals surface area contributed by atoms with Gasteiger partial charge in [-0.3, -0.25) is 34.0 Å². The number of imidazole rings is 1. The van der Waals surface area contributed by atoms with Crippen LogP contribution in [-0.4, -0.2) is 88.3 Å². The summed E-state index contributed by atoms with van der Waals surface area (Å²) in [7, 11) is 0. The quantitative estimate of drug-likeness (QED) is 0.180. The number of hydrogen-bond acceptors (Lipinski definition) is 16. The van der Waals surface area contributed by atoms with E-state index in [0.717, 1.165) is 0 Å². The molecule has 2 aliphatic heterocycles. The number of hydrogen-bond donors (Lipinski definition) is 3. The third kappa shape index (κ3) is 8.62. The first-order valence-corrected chi connectivity index (χ1v) is 20.5. The number of rotatable bonds is 7. The summed E-state index contributed by atoms with van der Waals surface area (Å²) in [5, 5.41) is 16.1. The number of halogens is 1. The normalized spacial score (nSPS) is 27.4. The Bertz CT molecular complexity index is 2100. The van der Waals surface area contributed by atoms with Crippen LogP contribution in [-0.2, 0) is 68.9 Å². The predicted octanol–water partition coefficient (Wildman–Crippen LogP) is 2.62. The van der Waals surface area contributed by atoms with Crippen LogP contribution >= 0.6 is 13.4 Å². The smallest absolute Gasteiger partial charge is 0.327 e. The van der Waals surface area contributed by atoms with Crippen LogP contribution < -0.4 is 10.9 Å². The van der Waals surface area contributed by atoms with Crippen molar-refractivity contribution in [2.75, 3.05) is 25.1 Å². The van der Waals surface area contributed by atoms with Crippen LogP contribution in [0.5, 0.6) is 0 Å². The van der Waals surface area contributed by atoms with E-state index in [1.165, 1.54) is 15.6 Å². The van der Waals surface area contributed by atoms with E-state index in [1.807, 2.05) is 6.07 Å². The number of fused-ring (bicyclic) bond motifs is 4. The minimum absolute atomic E-state index is 0.0187. The van der Waals surface area contributed by atoms with Gasteiger partial charge in [0.05, 0.1) is 45.2 Å². The third-order valence-electron chi connectivity index (χ3n) is 7.45. The zero-order valence-corrected chi connectivity index (χ0v) is 30.3. The van der Waals surface area contributed by atoms with Gasteiger partial charge in [0.25, 0.3) is 5.56 Å². The van der Waals surface area contributed by atoms with Gasteiger partial charge in [-0.05, 0) is 35.7 Å². The van der Waals surface area contributed by atoms with Crippen LogP contribution in [0.3, 0.4) is 0 Å². The predicted molar refractivity (Wildman–Crippen MR) is 182 cm³/mol. The van der Waals surface area contributed by atoms with Crippen molar-refractivity contribution < 1.29 is 41.4 Å². The molecule has 272 valence electrons. The third-order valence-corrected chi connectivity index (χ3v) is 11.4. The van der Waals surface area contributed by atoms with E-state index >= 15 is 4.39 Å². The number of H-pyrrole nitrogens is 1. The molecular weight excluding hydrogens is 753 g/mol. The summed E-state index contributed by atoms with van der Waals surface area (Å²) in [4.78, 5) is 55.9. The van der Waals surface area contributed by atoms with Gasteiger partial charge in [0.2, 0.25) is 11.9 Å². The van der Waals surface area contributed by atoms with Crippen LogP contribution in [0.2, 0.25) is 0 Å². The second kappa shape index (κ2) is 15.7. The van der Waals surface area contributed by atoms with Gasteiger partial charge in [0.15, 0.2) is 35.2 Å². The lowest BCUT2D eigenvalue weighted by Crippen LogP contribution is -2.32. The number of carbonyl (C=O) groups is 1. The molecule has 6 rings (SSSR count). The van der Waals surface area contributed by atoms with Gasteiger partial charge in [-0.25, -0.2) is 19.0 Å². The second-order valence-corrected chi connectivity index (χ2v) is 17.1. The molecule has 0 aromatic carbocycles. The number of ether oxygens (including phenoxy) is 1. The Labute approximate surface area is 298 Å². The Morgan fingerprint density at radius 3 is 2.80 bits per heavy atom. The highest BCUT2D eigenvalue weighted by Crippen LogP contribution is 2.53. The molecule has 24 heteroatoms. The van der Waals surface area contributed by atoms with Gasteiger partial charge in [-0.2, -0.15) is 15.3 Å². The van der Waals surface area contributed by atoms with Gasteiger partial charge < -0.3 is 27.7 Å². The van der Waals surface area contributed by atoms with Gasteiger partial charge in [-0.1, -0.05) is 13.8 Å². The number of nitriles is 1. The van der Waals surface area contributed by atoms with Crippen molar-refractivity contribution in [3.63, 3.8) is 0 Å². The molecule has 6 atom stereocenters. The van der Waals surface area contributed by atoms with E-state index in [1.54, 1.807) is 38.4 Å². The largest absolute Gasteiger partial charge is 0.346 e. The molecule has 0 aliphatic carbocycles. The molecule has 2 bridgehead atoms. The molecule has 1 saturated heterocycles. The summed E-state index contributed by atoms with van der Waals surface area (Å²) < 4.78 is 54.0. The van der Waals surface area contributed by atoms with E-state index in [0.29, 0.717) is 11.4 Å². The molecule has 0 radical (unpaired) electrons.